The number of carbonyl (C=O) groups is 2. The summed E-state index contributed by atoms with van der Waals surface area (Å²) >= 11 is 0. The fourth-order valence-corrected chi connectivity index (χ4v) is 1.88. The maximum absolute atomic E-state index is 12.3. The predicted octanol–water partition coefficient (Wildman–Crippen LogP) is 4.04. The van der Waals surface area contributed by atoms with Crippen LogP contribution in [-0.2, 0) is 19.1 Å². The molecule has 0 aromatic heterocycles. The lowest BCUT2D eigenvalue weighted by atomic mass is 9.85. The summed E-state index contributed by atoms with van der Waals surface area (Å²) in [5.41, 5.74) is 0.797. The van der Waals surface area contributed by atoms with Gasteiger partial charge in [0.15, 0.2) is 0 Å². The summed E-state index contributed by atoms with van der Waals surface area (Å²) in [7, 11) is 0. The molecule has 0 aliphatic carbocycles. The zero-order chi connectivity index (χ0) is 16.5. The number of ether oxygens (including phenoxy) is 2. The summed E-state index contributed by atoms with van der Waals surface area (Å²) in [5.74, 6) is -0.788. The van der Waals surface area contributed by atoms with Crippen LogP contribution in [0.4, 0.5) is 0 Å². The second-order valence-corrected chi connectivity index (χ2v) is 6.32. The summed E-state index contributed by atoms with van der Waals surface area (Å²) in [6, 6.07) is 0. The first kappa shape index (κ1) is 19.7. The van der Waals surface area contributed by atoms with Crippen molar-refractivity contribution in [2.75, 3.05) is 13.2 Å². The Bertz CT molecular complexity index is 375. The Labute approximate surface area is 128 Å². The molecule has 0 aromatic carbocycles. The summed E-state index contributed by atoms with van der Waals surface area (Å²) in [5, 5.41) is 0. The molecule has 0 spiro atoms. The van der Waals surface area contributed by atoms with E-state index in [9.17, 15) is 9.59 Å². The quantitative estimate of drug-likeness (QED) is 0.501. The molecule has 0 saturated heterocycles. The first-order chi connectivity index (χ1) is 9.76. The zero-order valence-corrected chi connectivity index (χ0v) is 14.4. The first-order valence-electron chi connectivity index (χ1n) is 7.83. The Kier molecular flexibility index (Phi) is 8.98. The molecule has 0 aliphatic heterocycles. The molecular formula is C17H30O4. The summed E-state index contributed by atoms with van der Waals surface area (Å²) in [6.45, 7) is 12.6. The second kappa shape index (κ2) is 9.59. The Morgan fingerprint density at radius 2 is 1.24 bits per heavy atom. The predicted molar refractivity (Wildman–Crippen MR) is 83.9 cm³/mol. The average molecular weight is 298 g/mol. The smallest absolute Gasteiger partial charge is 0.334 e. The van der Waals surface area contributed by atoms with Crippen LogP contribution >= 0.6 is 0 Å². The molecule has 0 rings (SSSR count). The lowest BCUT2D eigenvalue weighted by molar-refractivity contribution is -0.142. The summed E-state index contributed by atoms with van der Waals surface area (Å²) in [6.07, 6.45) is 2.49. The molecule has 0 fully saturated rings. The van der Waals surface area contributed by atoms with E-state index >= 15 is 0 Å². The third-order valence-corrected chi connectivity index (χ3v) is 2.79. The Morgan fingerprint density at radius 3 is 1.57 bits per heavy atom. The molecule has 4 heteroatoms. The van der Waals surface area contributed by atoms with E-state index in [-0.39, 0.29) is 5.41 Å². The van der Waals surface area contributed by atoms with Crippen molar-refractivity contribution in [2.24, 2.45) is 5.41 Å². The topological polar surface area (TPSA) is 52.6 Å². The second-order valence-electron chi connectivity index (χ2n) is 6.32. The molecule has 0 aromatic rings. The molecule has 0 bridgehead atoms. The van der Waals surface area contributed by atoms with Crippen LogP contribution in [-0.4, -0.2) is 25.2 Å². The normalized spacial score (nSPS) is 12.7. The van der Waals surface area contributed by atoms with Gasteiger partial charge < -0.3 is 9.47 Å². The molecule has 0 saturated carbocycles. The van der Waals surface area contributed by atoms with E-state index in [2.05, 4.69) is 0 Å². The zero-order valence-electron chi connectivity index (χ0n) is 14.4. The third kappa shape index (κ3) is 7.88. The molecule has 122 valence electrons. The van der Waals surface area contributed by atoms with Gasteiger partial charge >= 0.3 is 11.9 Å². The molecule has 0 unspecified atom stereocenters. The van der Waals surface area contributed by atoms with Crippen LogP contribution in [0.15, 0.2) is 11.1 Å². The molecule has 4 nitrogen and oxygen atoms in total. The average Bonchev–Trinajstić information content (AvgIpc) is 2.40. The van der Waals surface area contributed by atoms with Crippen LogP contribution in [0.1, 0.15) is 67.2 Å². The van der Waals surface area contributed by atoms with Crippen molar-refractivity contribution in [3.63, 3.8) is 0 Å². The molecule has 0 amide bonds. The van der Waals surface area contributed by atoms with E-state index in [0.29, 0.717) is 37.2 Å². The van der Waals surface area contributed by atoms with Crippen LogP contribution in [0, 0.1) is 5.41 Å². The molecule has 0 aliphatic rings. The van der Waals surface area contributed by atoms with Crippen molar-refractivity contribution in [2.45, 2.75) is 67.2 Å². The number of carbonyl (C=O) groups excluding carboxylic acids is 2. The van der Waals surface area contributed by atoms with Gasteiger partial charge in [-0.25, -0.2) is 9.59 Å². The van der Waals surface area contributed by atoms with Gasteiger partial charge in [-0.05, 0) is 31.1 Å². The van der Waals surface area contributed by atoms with Crippen LogP contribution in [0.2, 0.25) is 0 Å². The number of rotatable bonds is 8. The molecule has 0 atom stereocenters. The van der Waals surface area contributed by atoms with Crippen LogP contribution in [0.5, 0.6) is 0 Å². The number of hydrogen-bond donors (Lipinski definition) is 0. The standard InChI is InChI=1S/C17H30O4/c1-7-10-20-15(18)13(9-3)14(12-17(4,5)6)16(19)21-11-8-2/h7-12H2,1-6H3/b14-13-. The van der Waals surface area contributed by atoms with Crippen molar-refractivity contribution < 1.29 is 19.1 Å². The molecule has 0 N–H and O–H groups in total. The van der Waals surface area contributed by atoms with Crippen LogP contribution in [0.25, 0.3) is 0 Å². The third-order valence-electron chi connectivity index (χ3n) is 2.79. The van der Waals surface area contributed by atoms with Gasteiger partial charge in [0.1, 0.15) is 0 Å². The molecule has 0 radical (unpaired) electrons. The van der Waals surface area contributed by atoms with E-state index < -0.39 is 11.9 Å². The fraction of sp³-hybridized carbons (Fsp3) is 0.765. The Morgan fingerprint density at radius 1 is 0.810 bits per heavy atom. The van der Waals surface area contributed by atoms with Gasteiger partial charge in [-0.15, -0.1) is 0 Å². The minimum absolute atomic E-state index is 0.105. The fourth-order valence-electron chi connectivity index (χ4n) is 1.88. The van der Waals surface area contributed by atoms with Gasteiger partial charge in [-0.3, -0.25) is 0 Å². The lowest BCUT2D eigenvalue weighted by Gasteiger charge is -2.21. The van der Waals surface area contributed by atoms with Crippen LogP contribution < -0.4 is 0 Å². The van der Waals surface area contributed by atoms with Crippen LogP contribution in [0.3, 0.4) is 0 Å². The molecular weight excluding hydrogens is 268 g/mol. The van der Waals surface area contributed by atoms with Crippen molar-refractivity contribution in [3.8, 4) is 0 Å². The van der Waals surface area contributed by atoms with Crippen molar-refractivity contribution in [3.05, 3.63) is 11.1 Å². The minimum Gasteiger partial charge on any atom is -0.462 e. The first-order valence-corrected chi connectivity index (χ1v) is 7.83. The van der Waals surface area contributed by atoms with E-state index in [1.54, 1.807) is 0 Å². The maximum Gasteiger partial charge on any atom is 0.334 e. The largest absolute Gasteiger partial charge is 0.462 e. The van der Waals surface area contributed by atoms with E-state index in [4.69, 9.17) is 9.47 Å². The van der Waals surface area contributed by atoms with Gasteiger partial charge in [-0.1, -0.05) is 41.5 Å². The highest BCUT2D eigenvalue weighted by Gasteiger charge is 2.26. The highest BCUT2D eigenvalue weighted by Crippen LogP contribution is 2.28. The van der Waals surface area contributed by atoms with Gasteiger partial charge in [-0.2, -0.15) is 0 Å². The summed E-state index contributed by atoms with van der Waals surface area (Å²) in [4.78, 5) is 24.4. The summed E-state index contributed by atoms with van der Waals surface area (Å²) < 4.78 is 10.4. The Balaban J connectivity index is 5.40. The minimum atomic E-state index is -0.396. The van der Waals surface area contributed by atoms with Gasteiger partial charge in [0.2, 0.25) is 0 Å². The van der Waals surface area contributed by atoms with E-state index in [1.807, 2.05) is 41.5 Å². The Hall–Kier alpha value is -1.32. The van der Waals surface area contributed by atoms with E-state index in [1.165, 1.54) is 0 Å². The number of hydrogen-bond acceptors (Lipinski definition) is 4. The SMILES string of the molecule is CCCOC(=O)/C(CC)=C(/CC(C)(C)C)C(=O)OCCC. The lowest BCUT2D eigenvalue weighted by Crippen LogP contribution is -2.21. The van der Waals surface area contributed by atoms with Crippen molar-refractivity contribution >= 4 is 11.9 Å². The molecule has 0 heterocycles. The maximum atomic E-state index is 12.3. The highest BCUT2D eigenvalue weighted by atomic mass is 16.5. The van der Waals surface area contributed by atoms with Gasteiger partial charge in [0.25, 0.3) is 0 Å². The number of esters is 2. The molecule has 21 heavy (non-hydrogen) atoms. The van der Waals surface area contributed by atoms with Crippen molar-refractivity contribution in [1.82, 2.24) is 0 Å². The van der Waals surface area contributed by atoms with Gasteiger partial charge in [0.05, 0.1) is 13.2 Å². The van der Waals surface area contributed by atoms with Crippen molar-refractivity contribution in [1.29, 1.82) is 0 Å². The van der Waals surface area contributed by atoms with E-state index in [0.717, 1.165) is 12.8 Å². The van der Waals surface area contributed by atoms with Gasteiger partial charge in [0, 0.05) is 11.1 Å². The monoisotopic (exact) mass is 298 g/mol. The highest BCUT2D eigenvalue weighted by molar-refractivity contribution is 6.00.